The van der Waals surface area contributed by atoms with E-state index >= 15 is 0 Å². The lowest BCUT2D eigenvalue weighted by molar-refractivity contribution is 0.0839. The quantitative estimate of drug-likeness (QED) is 0.333. The maximum Gasteiger partial charge on any atom is 0.170 e. The van der Waals surface area contributed by atoms with Gasteiger partial charge in [0.05, 0.1) is 0 Å². The van der Waals surface area contributed by atoms with Crippen LogP contribution in [0.15, 0.2) is 60.2 Å². The van der Waals surface area contributed by atoms with Crippen molar-refractivity contribution in [1.29, 1.82) is 0 Å². The molecular formula is C24H26Cl2O2. The third kappa shape index (κ3) is 6.05. The summed E-state index contributed by atoms with van der Waals surface area (Å²) in [6.45, 7) is 8.06. The van der Waals surface area contributed by atoms with Crippen molar-refractivity contribution in [3.63, 3.8) is 0 Å². The van der Waals surface area contributed by atoms with Crippen molar-refractivity contribution >= 4 is 34.8 Å². The molecule has 0 aliphatic carbocycles. The predicted octanol–water partition coefficient (Wildman–Crippen LogP) is 7.30. The van der Waals surface area contributed by atoms with Gasteiger partial charge in [0, 0.05) is 33.5 Å². The summed E-state index contributed by atoms with van der Waals surface area (Å²) in [5, 5.41) is 1.19. The maximum atomic E-state index is 13.3. The minimum absolute atomic E-state index is 0.0143. The van der Waals surface area contributed by atoms with E-state index in [0.717, 1.165) is 5.57 Å². The van der Waals surface area contributed by atoms with E-state index in [-0.39, 0.29) is 29.3 Å². The number of carbonyl (C=O) groups is 2. The Balaban J connectivity index is 2.34. The van der Waals surface area contributed by atoms with Crippen LogP contribution in [0.2, 0.25) is 10.0 Å². The molecule has 0 spiro atoms. The molecule has 0 aromatic heterocycles. The first-order valence-electron chi connectivity index (χ1n) is 9.42. The molecule has 0 aliphatic rings. The van der Waals surface area contributed by atoms with E-state index in [1.165, 1.54) is 0 Å². The molecular weight excluding hydrogens is 391 g/mol. The summed E-state index contributed by atoms with van der Waals surface area (Å²) >= 11 is 11.9. The molecule has 0 radical (unpaired) electrons. The number of hydrogen-bond acceptors (Lipinski definition) is 2. The highest BCUT2D eigenvalue weighted by atomic mass is 35.5. The van der Waals surface area contributed by atoms with Crippen molar-refractivity contribution < 1.29 is 9.59 Å². The maximum absolute atomic E-state index is 13.3. The number of rotatable bonds is 8. The minimum Gasteiger partial charge on any atom is -0.294 e. The summed E-state index contributed by atoms with van der Waals surface area (Å²) in [6.07, 6.45) is 2.28. The van der Waals surface area contributed by atoms with Gasteiger partial charge in [-0.3, -0.25) is 9.59 Å². The summed E-state index contributed by atoms with van der Waals surface area (Å²) in [5.74, 6) is -0.288. The van der Waals surface area contributed by atoms with Crippen LogP contribution in [0.5, 0.6) is 0 Å². The van der Waals surface area contributed by atoms with Gasteiger partial charge in [-0.2, -0.15) is 0 Å². The zero-order valence-electron chi connectivity index (χ0n) is 16.7. The molecule has 2 nitrogen and oxygen atoms in total. The Morgan fingerprint density at radius 3 is 1.75 bits per heavy atom. The van der Waals surface area contributed by atoms with Gasteiger partial charge in [-0.1, -0.05) is 48.7 Å². The van der Waals surface area contributed by atoms with Gasteiger partial charge in [0.25, 0.3) is 0 Å². The van der Waals surface area contributed by atoms with Crippen LogP contribution in [-0.4, -0.2) is 11.6 Å². The van der Waals surface area contributed by atoms with Gasteiger partial charge >= 0.3 is 0 Å². The minimum atomic E-state index is -0.373. The lowest BCUT2D eigenvalue weighted by Gasteiger charge is -2.27. The first kappa shape index (κ1) is 22.4. The van der Waals surface area contributed by atoms with Crippen molar-refractivity contribution in [2.75, 3.05) is 0 Å². The first-order valence-corrected chi connectivity index (χ1v) is 10.2. The largest absolute Gasteiger partial charge is 0.294 e. The number of carbonyl (C=O) groups excluding carboxylic acids is 2. The molecule has 0 N–H and O–H groups in total. The summed E-state index contributed by atoms with van der Waals surface area (Å²) < 4.78 is 0. The molecule has 0 saturated heterocycles. The fraction of sp³-hybridized carbons (Fsp3) is 0.333. The molecule has 2 atom stereocenters. The van der Waals surface area contributed by atoms with E-state index in [4.69, 9.17) is 23.2 Å². The van der Waals surface area contributed by atoms with Gasteiger partial charge in [-0.15, -0.1) is 0 Å². The molecule has 0 saturated carbocycles. The topological polar surface area (TPSA) is 34.1 Å². The SMILES string of the molecule is CC(C)=C[C@H](C(=O)c1ccc(Cl)cc1)[C@H](CC(=O)c1ccc(Cl)cc1)C(C)C. The van der Waals surface area contributed by atoms with E-state index < -0.39 is 0 Å². The Morgan fingerprint density at radius 1 is 0.857 bits per heavy atom. The number of allylic oxidation sites excluding steroid dienone is 2. The Hall–Kier alpha value is -1.90. The molecule has 2 aromatic carbocycles. The van der Waals surface area contributed by atoms with Gasteiger partial charge < -0.3 is 0 Å². The first-order chi connectivity index (χ1) is 13.2. The van der Waals surface area contributed by atoms with Crippen LogP contribution in [0, 0.1) is 17.8 Å². The molecule has 2 rings (SSSR count). The van der Waals surface area contributed by atoms with Crippen LogP contribution >= 0.6 is 23.2 Å². The molecule has 0 heterocycles. The Bertz CT molecular complexity index is 845. The lowest BCUT2D eigenvalue weighted by Crippen LogP contribution is -2.29. The number of ketones is 2. The van der Waals surface area contributed by atoms with E-state index in [1.807, 2.05) is 19.9 Å². The number of benzene rings is 2. The fourth-order valence-electron chi connectivity index (χ4n) is 3.30. The summed E-state index contributed by atoms with van der Waals surface area (Å²) in [6, 6.07) is 13.8. The van der Waals surface area contributed by atoms with Crippen LogP contribution in [0.3, 0.4) is 0 Å². The molecule has 0 bridgehead atoms. The predicted molar refractivity (Wildman–Crippen MR) is 117 cm³/mol. The molecule has 0 fully saturated rings. The third-order valence-electron chi connectivity index (χ3n) is 4.85. The van der Waals surface area contributed by atoms with Crippen molar-refractivity contribution in [2.24, 2.45) is 17.8 Å². The van der Waals surface area contributed by atoms with Crippen LogP contribution in [0.4, 0.5) is 0 Å². The highest BCUT2D eigenvalue weighted by Crippen LogP contribution is 2.31. The zero-order chi connectivity index (χ0) is 20.8. The highest BCUT2D eigenvalue weighted by molar-refractivity contribution is 6.31. The van der Waals surface area contributed by atoms with Crippen molar-refractivity contribution in [1.82, 2.24) is 0 Å². The van der Waals surface area contributed by atoms with Crippen LogP contribution < -0.4 is 0 Å². The van der Waals surface area contributed by atoms with Gasteiger partial charge in [-0.05, 0) is 74.2 Å². The van der Waals surface area contributed by atoms with Crippen molar-refractivity contribution in [3.05, 3.63) is 81.4 Å². The van der Waals surface area contributed by atoms with Gasteiger partial charge in [0.2, 0.25) is 0 Å². The molecule has 0 aliphatic heterocycles. The number of hydrogen-bond donors (Lipinski definition) is 0. The van der Waals surface area contributed by atoms with Crippen LogP contribution in [0.1, 0.15) is 54.8 Å². The zero-order valence-corrected chi connectivity index (χ0v) is 18.2. The summed E-state index contributed by atoms with van der Waals surface area (Å²) in [7, 11) is 0. The molecule has 4 heteroatoms. The van der Waals surface area contributed by atoms with E-state index in [1.54, 1.807) is 48.5 Å². The van der Waals surface area contributed by atoms with Gasteiger partial charge in [0.15, 0.2) is 11.6 Å². The molecule has 0 amide bonds. The van der Waals surface area contributed by atoms with E-state index in [0.29, 0.717) is 27.6 Å². The van der Waals surface area contributed by atoms with E-state index in [2.05, 4.69) is 13.8 Å². The summed E-state index contributed by atoms with van der Waals surface area (Å²) in [5.41, 5.74) is 2.28. The fourth-order valence-corrected chi connectivity index (χ4v) is 3.56. The van der Waals surface area contributed by atoms with Crippen LogP contribution in [0.25, 0.3) is 0 Å². The van der Waals surface area contributed by atoms with Gasteiger partial charge in [0.1, 0.15) is 0 Å². The molecule has 0 unspecified atom stereocenters. The lowest BCUT2D eigenvalue weighted by atomic mass is 9.75. The average Bonchev–Trinajstić information content (AvgIpc) is 2.64. The van der Waals surface area contributed by atoms with Gasteiger partial charge in [-0.25, -0.2) is 0 Å². The van der Waals surface area contributed by atoms with E-state index in [9.17, 15) is 9.59 Å². The second-order valence-corrected chi connectivity index (χ2v) is 8.56. The van der Waals surface area contributed by atoms with Crippen molar-refractivity contribution in [3.8, 4) is 0 Å². The average molecular weight is 417 g/mol. The summed E-state index contributed by atoms with van der Waals surface area (Å²) in [4.78, 5) is 26.2. The second-order valence-electron chi connectivity index (χ2n) is 7.68. The smallest absolute Gasteiger partial charge is 0.170 e. The Labute approximate surface area is 177 Å². The Kier molecular flexibility index (Phi) is 8.03. The normalized spacial score (nSPS) is 13.1. The highest BCUT2D eigenvalue weighted by Gasteiger charge is 2.31. The molecule has 148 valence electrons. The second kappa shape index (κ2) is 10.0. The number of Topliss-reactive ketones (excluding diaryl/α,β-unsaturated/α-hetero) is 2. The van der Waals surface area contributed by atoms with Crippen molar-refractivity contribution in [2.45, 2.75) is 34.1 Å². The molecule has 28 heavy (non-hydrogen) atoms. The molecule has 2 aromatic rings. The number of halogens is 2. The third-order valence-corrected chi connectivity index (χ3v) is 5.35. The Morgan fingerprint density at radius 2 is 1.32 bits per heavy atom. The monoisotopic (exact) mass is 416 g/mol. The standard InChI is InChI=1S/C24H26Cl2O2/c1-15(2)13-22(24(28)18-7-11-20(26)12-8-18)21(16(3)4)14-23(27)17-5-9-19(25)10-6-17/h5-13,16,21-22H,14H2,1-4H3/t21-,22+/m1/s1. The van der Waals surface area contributed by atoms with Crippen LogP contribution in [-0.2, 0) is 0 Å².